The Labute approximate surface area is 130 Å². The van der Waals surface area contributed by atoms with E-state index in [1.54, 1.807) is 6.08 Å². The van der Waals surface area contributed by atoms with Gasteiger partial charge in [-0.2, -0.15) is 8.78 Å². The van der Waals surface area contributed by atoms with Crippen LogP contribution in [0, 0.1) is 5.92 Å². The second-order valence-electron chi connectivity index (χ2n) is 5.77. The van der Waals surface area contributed by atoms with Gasteiger partial charge < -0.3 is 15.1 Å². The van der Waals surface area contributed by atoms with Gasteiger partial charge in [-0.3, -0.25) is 4.79 Å². The first-order valence-electron chi connectivity index (χ1n) is 7.20. The zero-order chi connectivity index (χ0) is 16.8. The lowest BCUT2D eigenvalue weighted by atomic mass is 10.0. The Hall–Kier alpha value is -2.28. The number of carboxylic acids is 1. The van der Waals surface area contributed by atoms with Crippen LogP contribution < -0.4 is 0 Å². The molecule has 2 N–H and O–H groups in total. The van der Waals surface area contributed by atoms with E-state index in [1.807, 2.05) is 6.08 Å². The number of hydrogen-bond donors (Lipinski definition) is 2. The lowest BCUT2D eigenvalue weighted by Crippen LogP contribution is -2.51. The van der Waals surface area contributed by atoms with Crippen LogP contribution in [0.2, 0.25) is 0 Å². The molecule has 1 aliphatic carbocycles. The number of carbonyl (C=O) groups is 2. The van der Waals surface area contributed by atoms with Crippen molar-refractivity contribution in [2.24, 2.45) is 5.92 Å². The number of hydrogen-bond acceptors (Lipinski definition) is 3. The maximum atomic E-state index is 14.6. The maximum Gasteiger partial charge on any atom is 0.350 e. The number of likely N-dealkylation sites (tertiary alicyclic amines) is 1. The van der Waals surface area contributed by atoms with Gasteiger partial charge in [0.15, 0.2) is 0 Å². The molecule has 23 heavy (non-hydrogen) atoms. The van der Waals surface area contributed by atoms with Gasteiger partial charge in [-0.1, -0.05) is 24.3 Å². The summed E-state index contributed by atoms with van der Waals surface area (Å²) in [4.78, 5) is 24.3. The minimum Gasteiger partial charge on any atom is -0.478 e. The largest absolute Gasteiger partial charge is 0.478 e. The van der Waals surface area contributed by atoms with Gasteiger partial charge in [-0.05, 0) is 18.6 Å². The number of aliphatic hydroxyl groups is 1. The highest BCUT2D eigenvalue weighted by Gasteiger charge is 2.53. The van der Waals surface area contributed by atoms with Crippen molar-refractivity contribution < 1.29 is 28.6 Å². The van der Waals surface area contributed by atoms with Gasteiger partial charge >= 0.3 is 11.9 Å². The summed E-state index contributed by atoms with van der Waals surface area (Å²) in [7, 11) is 0. The zero-order valence-electron chi connectivity index (χ0n) is 12.0. The van der Waals surface area contributed by atoms with E-state index in [9.17, 15) is 23.5 Å². The fraction of sp³-hybridized carbons (Fsp3) is 0.375. The van der Waals surface area contributed by atoms with E-state index in [2.05, 4.69) is 0 Å². The molecule has 3 unspecified atom stereocenters. The zero-order valence-corrected chi connectivity index (χ0v) is 12.0. The van der Waals surface area contributed by atoms with Gasteiger partial charge in [0, 0.05) is 11.5 Å². The molecule has 0 aromatic heterocycles. The Morgan fingerprint density at radius 3 is 2.70 bits per heavy atom. The molecule has 0 spiro atoms. The van der Waals surface area contributed by atoms with Crippen LogP contribution in [0.1, 0.15) is 22.3 Å². The van der Waals surface area contributed by atoms with E-state index in [-0.39, 0.29) is 18.1 Å². The SMILES string of the molecule is O=C(O)c1cccc(C(F)(F)C(=O)N2C3C=CC(C3)C2CO)c1. The minimum atomic E-state index is -3.85. The van der Waals surface area contributed by atoms with Gasteiger partial charge in [-0.25, -0.2) is 4.79 Å². The Balaban J connectivity index is 1.93. The molecule has 1 amide bonds. The number of alkyl halides is 2. The standard InChI is InChI=1S/C16H15F2NO4/c17-16(18,11-3-1-2-10(6-11)14(21)22)15(23)19-12-5-4-9(7-12)13(19)8-20/h1-6,9,12-13,20H,7-8H2,(H,21,22). The Kier molecular flexibility index (Phi) is 3.68. The summed E-state index contributed by atoms with van der Waals surface area (Å²) in [5.41, 5.74) is -0.970. The predicted molar refractivity (Wildman–Crippen MR) is 76.1 cm³/mol. The third-order valence-electron chi connectivity index (χ3n) is 4.47. The van der Waals surface area contributed by atoms with Crippen LogP contribution in [-0.2, 0) is 10.7 Å². The molecule has 1 aromatic carbocycles. The number of carbonyl (C=O) groups excluding carboxylic acids is 1. The smallest absolute Gasteiger partial charge is 0.350 e. The summed E-state index contributed by atoms with van der Waals surface area (Å²) in [6.45, 7) is -0.386. The highest BCUT2D eigenvalue weighted by atomic mass is 19.3. The fourth-order valence-electron chi connectivity index (χ4n) is 3.31. The van der Waals surface area contributed by atoms with E-state index in [0.717, 1.165) is 17.0 Å². The molecule has 0 saturated carbocycles. The van der Waals surface area contributed by atoms with Gasteiger partial charge in [0.1, 0.15) is 0 Å². The van der Waals surface area contributed by atoms with Crippen molar-refractivity contribution in [3.63, 3.8) is 0 Å². The Morgan fingerprint density at radius 2 is 2.04 bits per heavy atom. The van der Waals surface area contributed by atoms with Crippen LogP contribution >= 0.6 is 0 Å². The molecule has 5 nitrogen and oxygen atoms in total. The van der Waals surface area contributed by atoms with E-state index in [1.165, 1.54) is 12.1 Å². The van der Waals surface area contributed by atoms with Gasteiger partial charge in [0.25, 0.3) is 5.91 Å². The molecular weight excluding hydrogens is 308 g/mol. The molecule has 1 aliphatic heterocycles. The van der Waals surface area contributed by atoms with Crippen LogP contribution in [0.25, 0.3) is 0 Å². The molecular formula is C16H15F2NO4. The van der Waals surface area contributed by atoms with Crippen LogP contribution in [0.4, 0.5) is 8.78 Å². The number of halogens is 2. The molecule has 0 radical (unpaired) electrons. The van der Waals surface area contributed by atoms with Crippen molar-refractivity contribution in [1.82, 2.24) is 4.90 Å². The van der Waals surface area contributed by atoms with Crippen molar-refractivity contribution >= 4 is 11.9 Å². The summed E-state index contributed by atoms with van der Waals surface area (Å²) < 4.78 is 29.2. The molecule has 7 heteroatoms. The average molecular weight is 323 g/mol. The molecule has 1 heterocycles. The van der Waals surface area contributed by atoms with Gasteiger partial charge in [-0.15, -0.1) is 0 Å². The number of benzene rings is 1. The second kappa shape index (κ2) is 5.42. The van der Waals surface area contributed by atoms with Crippen molar-refractivity contribution in [3.05, 3.63) is 47.5 Å². The number of carboxylic acid groups (broad SMARTS) is 1. The topological polar surface area (TPSA) is 77.8 Å². The van der Waals surface area contributed by atoms with Crippen LogP contribution in [0.3, 0.4) is 0 Å². The number of fused-ring (bicyclic) bond motifs is 2. The second-order valence-corrected chi connectivity index (χ2v) is 5.77. The summed E-state index contributed by atoms with van der Waals surface area (Å²) in [5.74, 6) is -6.71. The summed E-state index contributed by atoms with van der Waals surface area (Å²) in [5, 5.41) is 18.3. The predicted octanol–water partition coefficient (Wildman–Crippen LogP) is 1.62. The van der Waals surface area contributed by atoms with Crippen molar-refractivity contribution in [2.75, 3.05) is 6.61 Å². The van der Waals surface area contributed by atoms with Crippen molar-refractivity contribution in [1.29, 1.82) is 0 Å². The van der Waals surface area contributed by atoms with Crippen LogP contribution in [0.15, 0.2) is 36.4 Å². The van der Waals surface area contributed by atoms with Crippen molar-refractivity contribution in [2.45, 2.75) is 24.4 Å². The van der Waals surface area contributed by atoms with Crippen molar-refractivity contribution in [3.8, 4) is 0 Å². The molecule has 3 rings (SSSR count). The minimum absolute atomic E-state index is 0.116. The number of nitrogens with zero attached hydrogens (tertiary/aromatic N) is 1. The number of aromatic carboxylic acids is 1. The molecule has 122 valence electrons. The summed E-state index contributed by atoms with van der Waals surface area (Å²) >= 11 is 0. The fourth-order valence-corrected chi connectivity index (χ4v) is 3.31. The summed E-state index contributed by atoms with van der Waals surface area (Å²) in [6.07, 6.45) is 4.05. The number of rotatable bonds is 4. The molecule has 1 fully saturated rings. The molecule has 3 atom stereocenters. The first-order valence-corrected chi connectivity index (χ1v) is 7.20. The van der Waals surface area contributed by atoms with E-state index in [4.69, 9.17) is 5.11 Å². The lowest BCUT2D eigenvalue weighted by Gasteiger charge is -2.34. The van der Waals surface area contributed by atoms with E-state index < -0.39 is 35.4 Å². The van der Waals surface area contributed by atoms with Gasteiger partial charge in [0.05, 0.1) is 24.3 Å². The number of aliphatic hydroxyl groups excluding tert-OH is 1. The number of amides is 1. The monoisotopic (exact) mass is 323 g/mol. The van der Waals surface area contributed by atoms with Crippen LogP contribution in [-0.4, -0.2) is 45.7 Å². The maximum absolute atomic E-state index is 14.6. The third-order valence-corrected chi connectivity index (χ3v) is 4.47. The lowest BCUT2D eigenvalue weighted by molar-refractivity contribution is -0.162. The molecule has 1 aromatic rings. The highest BCUT2D eigenvalue weighted by molar-refractivity contribution is 5.90. The quantitative estimate of drug-likeness (QED) is 0.826. The first kappa shape index (κ1) is 15.6. The van der Waals surface area contributed by atoms with E-state index >= 15 is 0 Å². The Bertz CT molecular complexity index is 688. The highest BCUT2D eigenvalue weighted by Crippen LogP contribution is 2.41. The van der Waals surface area contributed by atoms with E-state index in [0.29, 0.717) is 6.42 Å². The normalized spacial score (nSPS) is 25.9. The summed E-state index contributed by atoms with van der Waals surface area (Å²) in [6, 6.07) is 3.09. The molecule has 2 aliphatic rings. The third kappa shape index (κ3) is 2.41. The molecule has 1 saturated heterocycles. The van der Waals surface area contributed by atoms with Crippen LogP contribution in [0.5, 0.6) is 0 Å². The Morgan fingerprint density at radius 1 is 1.30 bits per heavy atom. The van der Waals surface area contributed by atoms with Gasteiger partial charge in [0.2, 0.25) is 0 Å². The first-order chi connectivity index (χ1) is 10.9. The molecule has 2 bridgehead atoms. The average Bonchev–Trinajstić information content (AvgIpc) is 3.14.